The molecule has 0 spiro atoms. The molecule has 0 radical (unpaired) electrons. The van der Waals surface area contributed by atoms with Crippen molar-refractivity contribution in [2.24, 2.45) is 17.9 Å². The molecule has 2 heterocycles. The van der Waals surface area contributed by atoms with Gasteiger partial charge in [0.1, 0.15) is 16.7 Å². The molecule has 2 aromatic heterocycles. The summed E-state index contributed by atoms with van der Waals surface area (Å²) in [5.41, 5.74) is 7.57. The van der Waals surface area contributed by atoms with E-state index in [-0.39, 0.29) is 27.8 Å². The van der Waals surface area contributed by atoms with E-state index in [1.807, 2.05) is 0 Å². The third kappa shape index (κ3) is 2.82. The average Bonchev–Trinajstić information content (AvgIpc) is 3.07. The zero-order chi connectivity index (χ0) is 20.0. The molecule has 0 fully saturated rings. The van der Waals surface area contributed by atoms with Gasteiger partial charge >= 0.3 is 0 Å². The van der Waals surface area contributed by atoms with Gasteiger partial charge in [0.05, 0.1) is 12.0 Å². The Morgan fingerprint density at radius 1 is 1.19 bits per heavy atom. The van der Waals surface area contributed by atoms with Gasteiger partial charge in [-0.1, -0.05) is 16.8 Å². The summed E-state index contributed by atoms with van der Waals surface area (Å²) in [5.74, 6) is -2.49. The lowest BCUT2D eigenvalue weighted by atomic mass is 9.94. The van der Waals surface area contributed by atoms with Gasteiger partial charge in [0.15, 0.2) is 17.4 Å². The highest BCUT2D eigenvalue weighted by Crippen LogP contribution is 2.46. The molecule has 9 heteroatoms. The van der Waals surface area contributed by atoms with Crippen LogP contribution < -0.4 is 5.73 Å². The third-order valence-corrected chi connectivity index (χ3v) is 4.83. The highest BCUT2D eigenvalue weighted by molar-refractivity contribution is 6.34. The number of halogens is 3. The minimum atomic E-state index is -1.01. The predicted octanol–water partition coefficient (Wildman–Crippen LogP) is 4.30. The van der Waals surface area contributed by atoms with E-state index in [2.05, 4.69) is 5.16 Å². The maximum Gasteiger partial charge on any atom is 0.187 e. The molecule has 3 rings (SSSR count). The summed E-state index contributed by atoms with van der Waals surface area (Å²) in [4.78, 5) is 0. The van der Waals surface area contributed by atoms with Crippen molar-refractivity contribution in [2.45, 2.75) is 13.8 Å². The average molecular weight is 396 g/mol. The van der Waals surface area contributed by atoms with Crippen LogP contribution >= 0.6 is 11.6 Å². The molecule has 142 valence electrons. The van der Waals surface area contributed by atoms with Crippen LogP contribution in [0.15, 0.2) is 28.0 Å². The summed E-state index contributed by atoms with van der Waals surface area (Å²) in [7, 11) is 1.54. The van der Waals surface area contributed by atoms with Gasteiger partial charge in [-0.3, -0.25) is 0 Å². The third-order valence-electron chi connectivity index (χ3n) is 4.39. The van der Waals surface area contributed by atoms with Crippen LogP contribution in [0.4, 0.5) is 8.78 Å². The molecule has 0 saturated carbocycles. The number of aromatic nitrogens is 1. The first kappa shape index (κ1) is 18.8. The minimum Gasteiger partial charge on any atom is -0.505 e. The molecule has 3 aromatic rings. The second-order valence-corrected chi connectivity index (χ2v) is 6.43. The van der Waals surface area contributed by atoms with Crippen molar-refractivity contribution >= 4 is 17.4 Å². The summed E-state index contributed by atoms with van der Waals surface area (Å²) < 4.78 is 35.4. The normalized spacial score (nSPS) is 12.0. The van der Waals surface area contributed by atoms with E-state index < -0.39 is 17.4 Å². The van der Waals surface area contributed by atoms with Gasteiger partial charge in [0.25, 0.3) is 0 Å². The van der Waals surface area contributed by atoms with Crippen LogP contribution in [-0.2, 0) is 7.05 Å². The van der Waals surface area contributed by atoms with Crippen molar-refractivity contribution in [3.05, 3.63) is 52.2 Å². The molecule has 0 unspecified atom stereocenters. The summed E-state index contributed by atoms with van der Waals surface area (Å²) in [6.07, 6.45) is 1.50. The van der Waals surface area contributed by atoms with Crippen molar-refractivity contribution in [3.8, 4) is 28.0 Å². The van der Waals surface area contributed by atoms with Gasteiger partial charge in [0.2, 0.25) is 0 Å². The maximum atomic E-state index is 14.6. The van der Waals surface area contributed by atoms with Gasteiger partial charge < -0.3 is 25.0 Å². The fourth-order valence-corrected chi connectivity index (χ4v) is 3.45. The van der Waals surface area contributed by atoms with Crippen molar-refractivity contribution in [1.29, 1.82) is 0 Å². The highest BCUT2D eigenvalue weighted by atomic mass is 35.5. The molecular formula is C18H16ClF2N3O3. The van der Waals surface area contributed by atoms with Crippen molar-refractivity contribution in [3.63, 3.8) is 0 Å². The summed E-state index contributed by atoms with van der Waals surface area (Å²) in [6, 6.07) is 1.51. The molecule has 0 aliphatic carbocycles. The second-order valence-electron chi connectivity index (χ2n) is 6.07. The molecule has 0 atom stereocenters. The van der Waals surface area contributed by atoms with Crippen LogP contribution in [0.5, 0.6) is 5.75 Å². The quantitative estimate of drug-likeness (QED) is 0.266. The van der Waals surface area contributed by atoms with E-state index in [1.165, 1.54) is 10.8 Å². The van der Waals surface area contributed by atoms with Gasteiger partial charge in [-0.2, -0.15) is 0 Å². The van der Waals surface area contributed by atoms with Crippen LogP contribution in [0.3, 0.4) is 0 Å². The molecule has 27 heavy (non-hydrogen) atoms. The summed E-state index contributed by atoms with van der Waals surface area (Å²) >= 11 is 6.43. The molecule has 0 amide bonds. The Hall–Kier alpha value is -3.00. The van der Waals surface area contributed by atoms with Gasteiger partial charge in [-0.05, 0) is 25.5 Å². The topological polar surface area (TPSA) is 96.9 Å². The number of nitrogens with zero attached hydrogens (tertiary/aromatic N) is 2. The fourth-order valence-electron chi connectivity index (χ4n) is 3.16. The largest absolute Gasteiger partial charge is 0.505 e. The predicted molar refractivity (Wildman–Crippen MR) is 97.1 cm³/mol. The first-order valence-corrected chi connectivity index (χ1v) is 8.16. The fraction of sp³-hybridized carbons (Fsp3) is 0.167. The van der Waals surface area contributed by atoms with Gasteiger partial charge in [-0.15, -0.1) is 0 Å². The number of hydrogen-bond acceptors (Lipinski definition) is 4. The second kappa shape index (κ2) is 6.62. The van der Waals surface area contributed by atoms with Crippen LogP contribution in [-0.4, -0.2) is 20.7 Å². The first-order valence-electron chi connectivity index (χ1n) is 7.78. The molecule has 6 nitrogen and oxygen atoms in total. The Morgan fingerprint density at radius 2 is 1.85 bits per heavy atom. The highest BCUT2D eigenvalue weighted by Gasteiger charge is 2.30. The molecule has 0 aliphatic heterocycles. The zero-order valence-electron chi connectivity index (χ0n) is 14.6. The lowest BCUT2D eigenvalue weighted by Gasteiger charge is -2.10. The van der Waals surface area contributed by atoms with Crippen LogP contribution in [0.25, 0.3) is 22.3 Å². The Bertz CT molecular complexity index is 1070. The van der Waals surface area contributed by atoms with E-state index in [9.17, 15) is 19.1 Å². The Kier molecular flexibility index (Phi) is 4.61. The molecular weight excluding hydrogens is 380 g/mol. The summed E-state index contributed by atoms with van der Waals surface area (Å²) in [5, 5.41) is 21.7. The zero-order valence-corrected chi connectivity index (χ0v) is 15.4. The number of oxime groups is 1. The van der Waals surface area contributed by atoms with Crippen LogP contribution in [0, 0.1) is 25.5 Å². The molecule has 1 aromatic carbocycles. The van der Waals surface area contributed by atoms with Crippen molar-refractivity contribution in [2.75, 3.05) is 0 Å². The molecule has 0 saturated heterocycles. The number of aryl methyl sites for hydroxylation is 2. The van der Waals surface area contributed by atoms with E-state index in [0.29, 0.717) is 28.5 Å². The van der Waals surface area contributed by atoms with Crippen LogP contribution in [0.2, 0.25) is 5.15 Å². The number of benzene rings is 1. The van der Waals surface area contributed by atoms with E-state index in [4.69, 9.17) is 21.8 Å². The SMILES string of the molecule is Cc1coc(C)c1-c1c(-c2cc(F)c(O)cc2F)c(Cl)n(C)c1/C(N)=N/O. The summed E-state index contributed by atoms with van der Waals surface area (Å²) in [6.45, 7) is 3.46. The standard InChI is InChI=1S/C18H16ClF2N3O3/c1-7-6-27-8(2)13(7)15-14(9-4-11(21)12(25)5-10(9)20)17(19)24(3)16(15)18(22)23-26/h4-6,25-26H,1-3H3,(H2,22,23). The number of aromatic hydroxyl groups is 1. The van der Waals surface area contributed by atoms with Crippen LogP contribution in [0.1, 0.15) is 17.0 Å². The number of furan rings is 1. The smallest absolute Gasteiger partial charge is 0.187 e. The first-order chi connectivity index (χ1) is 12.7. The molecule has 4 N–H and O–H groups in total. The lowest BCUT2D eigenvalue weighted by molar-refractivity contribution is 0.318. The maximum absolute atomic E-state index is 14.6. The van der Waals surface area contributed by atoms with Gasteiger partial charge in [0, 0.05) is 35.4 Å². The molecule has 0 bridgehead atoms. The van der Waals surface area contributed by atoms with E-state index in [1.54, 1.807) is 20.9 Å². The van der Waals surface area contributed by atoms with E-state index in [0.717, 1.165) is 6.07 Å². The number of phenols is 1. The monoisotopic (exact) mass is 395 g/mol. The number of hydrogen-bond donors (Lipinski definition) is 3. The van der Waals surface area contributed by atoms with Crippen molar-refractivity contribution in [1.82, 2.24) is 4.57 Å². The van der Waals surface area contributed by atoms with E-state index >= 15 is 0 Å². The Morgan fingerprint density at radius 3 is 2.41 bits per heavy atom. The van der Waals surface area contributed by atoms with Crippen molar-refractivity contribution < 1.29 is 23.5 Å². The Balaban J connectivity index is 2.52. The number of amidine groups is 1. The number of phenolic OH excluding ortho intramolecular Hbond substituents is 1. The van der Waals surface area contributed by atoms with Gasteiger partial charge in [-0.25, -0.2) is 8.78 Å². The molecule has 0 aliphatic rings. The Labute approximate surface area is 158 Å². The number of nitrogens with two attached hydrogens (primary N) is 1. The lowest BCUT2D eigenvalue weighted by Crippen LogP contribution is -2.18. The minimum absolute atomic E-state index is 0.0376. The number of rotatable bonds is 3.